The van der Waals surface area contributed by atoms with Crippen LogP contribution < -0.4 is 10.1 Å². The molecule has 2 rings (SSSR count). The van der Waals surface area contributed by atoms with E-state index in [0.717, 1.165) is 11.1 Å². The average Bonchev–Trinajstić information content (AvgIpc) is 2.40. The molecule has 0 saturated heterocycles. The van der Waals surface area contributed by atoms with E-state index in [1.807, 2.05) is 42.5 Å². The monoisotopic (exact) mass is 227 g/mol. The molecular formula is C14H13NO2. The van der Waals surface area contributed by atoms with E-state index >= 15 is 0 Å². The maximum atomic E-state index is 11.0. The van der Waals surface area contributed by atoms with Gasteiger partial charge in [0, 0.05) is 7.05 Å². The summed E-state index contributed by atoms with van der Waals surface area (Å²) in [5.41, 5.74) is 2.23. The van der Waals surface area contributed by atoms with Crippen molar-refractivity contribution in [3.05, 3.63) is 54.6 Å². The molecule has 0 heterocycles. The van der Waals surface area contributed by atoms with E-state index in [4.69, 9.17) is 4.74 Å². The molecule has 0 saturated carbocycles. The first-order chi connectivity index (χ1) is 8.29. The largest absolute Gasteiger partial charge is 0.412 e. The van der Waals surface area contributed by atoms with Crippen molar-refractivity contribution in [1.82, 2.24) is 5.32 Å². The van der Waals surface area contributed by atoms with Crippen LogP contribution in [0.1, 0.15) is 0 Å². The number of carbonyl (C=O) groups excluding carboxylic acids is 1. The van der Waals surface area contributed by atoms with Crippen LogP contribution in [-0.2, 0) is 0 Å². The lowest BCUT2D eigenvalue weighted by atomic mass is 10.1. The number of carbonyl (C=O) groups is 1. The highest BCUT2D eigenvalue weighted by Gasteiger charge is 2.01. The van der Waals surface area contributed by atoms with Crippen molar-refractivity contribution in [2.75, 3.05) is 7.05 Å². The average molecular weight is 227 g/mol. The number of nitrogens with one attached hydrogen (secondary N) is 1. The van der Waals surface area contributed by atoms with E-state index in [1.165, 1.54) is 7.05 Å². The van der Waals surface area contributed by atoms with Gasteiger partial charge in [0.1, 0.15) is 5.75 Å². The van der Waals surface area contributed by atoms with E-state index in [0.29, 0.717) is 5.75 Å². The van der Waals surface area contributed by atoms with Gasteiger partial charge in [-0.1, -0.05) is 42.5 Å². The molecule has 3 heteroatoms. The molecule has 86 valence electrons. The van der Waals surface area contributed by atoms with Crippen LogP contribution in [0.4, 0.5) is 4.79 Å². The van der Waals surface area contributed by atoms with Gasteiger partial charge in [-0.25, -0.2) is 4.79 Å². The Morgan fingerprint density at radius 2 is 1.53 bits per heavy atom. The number of rotatable bonds is 2. The third-order valence-corrected chi connectivity index (χ3v) is 2.38. The SMILES string of the molecule is CNC(=O)Oc1ccc(-c2ccccc2)cc1. The van der Waals surface area contributed by atoms with Gasteiger partial charge in [-0.3, -0.25) is 0 Å². The first-order valence-corrected chi connectivity index (χ1v) is 5.34. The zero-order valence-electron chi connectivity index (χ0n) is 9.51. The Morgan fingerprint density at radius 3 is 2.12 bits per heavy atom. The Bertz CT molecular complexity index is 491. The molecule has 17 heavy (non-hydrogen) atoms. The molecule has 0 spiro atoms. The van der Waals surface area contributed by atoms with Gasteiger partial charge in [-0.2, -0.15) is 0 Å². The molecule has 0 aliphatic heterocycles. The van der Waals surface area contributed by atoms with Gasteiger partial charge < -0.3 is 10.1 Å². The molecule has 0 radical (unpaired) electrons. The summed E-state index contributed by atoms with van der Waals surface area (Å²) in [6.45, 7) is 0. The molecule has 0 unspecified atom stereocenters. The third kappa shape index (κ3) is 2.84. The Kier molecular flexibility index (Phi) is 3.40. The van der Waals surface area contributed by atoms with E-state index < -0.39 is 6.09 Å². The van der Waals surface area contributed by atoms with Crippen molar-refractivity contribution < 1.29 is 9.53 Å². The van der Waals surface area contributed by atoms with Crippen LogP contribution in [0.5, 0.6) is 5.75 Å². The van der Waals surface area contributed by atoms with E-state index in [-0.39, 0.29) is 0 Å². The molecule has 2 aromatic carbocycles. The predicted octanol–water partition coefficient (Wildman–Crippen LogP) is 3.07. The summed E-state index contributed by atoms with van der Waals surface area (Å²) in [5, 5.41) is 2.40. The third-order valence-electron chi connectivity index (χ3n) is 2.38. The minimum atomic E-state index is -0.461. The fourth-order valence-corrected chi connectivity index (χ4v) is 1.50. The smallest absolute Gasteiger partial charge is 0.410 e. The molecule has 0 atom stereocenters. The van der Waals surface area contributed by atoms with Gasteiger partial charge in [-0.15, -0.1) is 0 Å². The maximum absolute atomic E-state index is 11.0. The maximum Gasteiger partial charge on any atom is 0.412 e. The molecule has 1 amide bonds. The minimum Gasteiger partial charge on any atom is -0.410 e. The zero-order valence-corrected chi connectivity index (χ0v) is 9.51. The molecule has 3 nitrogen and oxygen atoms in total. The van der Waals surface area contributed by atoms with Gasteiger partial charge in [0.25, 0.3) is 0 Å². The molecule has 0 aromatic heterocycles. The summed E-state index contributed by atoms with van der Waals surface area (Å²) < 4.78 is 5.00. The first kappa shape index (κ1) is 11.2. The summed E-state index contributed by atoms with van der Waals surface area (Å²) in [6, 6.07) is 17.4. The standard InChI is InChI=1S/C14H13NO2/c1-15-14(16)17-13-9-7-12(8-10-13)11-5-3-2-4-6-11/h2-10H,1H3,(H,15,16). The highest BCUT2D eigenvalue weighted by Crippen LogP contribution is 2.21. The van der Waals surface area contributed by atoms with E-state index in [1.54, 1.807) is 12.1 Å². The summed E-state index contributed by atoms with van der Waals surface area (Å²) in [6.07, 6.45) is -0.461. The number of ether oxygens (including phenoxy) is 1. The quantitative estimate of drug-likeness (QED) is 0.856. The molecule has 2 aromatic rings. The number of hydrogen-bond donors (Lipinski definition) is 1. The first-order valence-electron chi connectivity index (χ1n) is 5.34. The molecular weight excluding hydrogens is 214 g/mol. The second-order valence-corrected chi connectivity index (χ2v) is 3.53. The molecule has 0 aliphatic rings. The van der Waals surface area contributed by atoms with Crippen LogP contribution >= 0.6 is 0 Å². The normalized spacial score (nSPS) is 9.71. The number of hydrogen-bond acceptors (Lipinski definition) is 2. The van der Waals surface area contributed by atoms with Crippen molar-refractivity contribution in [3.63, 3.8) is 0 Å². The van der Waals surface area contributed by atoms with Crippen LogP contribution in [-0.4, -0.2) is 13.1 Å². The van der Waals surface area contributed by atoms with E-state index in [2.05, 4.69) is 5.32 Å². The zero-order chi connectivity index (χ0) is 12.1. The number of benzene rings is 2. The molecule has 0 bridgehead atoms. The highest BCUT2D eigenvalue weighted by atomic mass is 16.5. The lowest BCUT2D eigenvalue weighted by molar-refractivity contribution is 0.203. The van der Waals surface area contributed by atoms with Crippen molar-refractivity contribution >= 4 is 6.09 Å². The molecule has 0 fully saturated rings. The van der Waals surface area contributed by atoms with Gasteiger partial charge in [-0.05, 0) is 23.3 Å². The fraction of sp³-hybridized carbons (Fsp3) is 0.0714. The van der Waals surface area contributed by atoms with Crippen LogP contribution in [0, 0.1) is 0 Å². The predicted molar refractivity (Wildman–Crippen MR) is 67.0 cm³/mol. The lowest BCUT2D eigenvalue weighted by Gasteiger charge is -2.05. The Hall–Kier alpha value is -2.29. The van der Waals surface area contributed by atoms with Gasteiger partial charge >= 0.3 is 6.09 Å². The van der Waals surface area contributed by atoms with Crippen LogP contribution in [0.2, 0.25) is 0 Å². The van der Waals surface area contributed by atoms with Crippen LogP contribution in [0.3, 0.4) is 0 Å². The second-order valence-electron chi connectivity index (χ2n) is 3.53. The Morgan fingerprint density at radius 1 is 0.941 bits per heavy atom. The summed E-state index contributed by atoms with van der Waals surface area (Å²) in [4.78, 5) is 11.0. The minimum absolute atomic E-state index is 0.461. The Labute approximate surface area is 100 Å². The summed E-state index contributed by atoms with van der Waals surface area (Å²) in [5.74, 6) is 0.532. The van der Waals surface area contributed by atoms with Crippen molar-refractivity contribution in [3.8, 4) is 16.9 Å². The van der Waals surface area contributed by atoms with Crippen molar-refractivity contribution in [2.24, 2.45) is 0 Å². The molecule has 1 N–H and O–H groups in total. The molecule has 0 aliphatic carbocycles. The number of amides is 1. The van der Waals surface area contributed by atoms with Crippen LogP contribution in [0.25, 0.3) is 11.1 Å². The lowest BCUT2D eigenvalue weighted by Crippen LogP contribution is -2.21. The van der Waals surface area contributed by atoms with Gasteiger partial charge in [0.2, 0.25) is 0 Å². The topological polar surface area (TPSA) is 38.3 Å². The van der Waals surface area contributed by atoms with Crippen molar-refractivity contribution in [2.45, 2.75) is 0 Å². The van der Waals surface area contributed by atoms with E-state index in [9.17, 15) is 4.79 Å². The summed E-state index contributed by atoms with van der Waals surface area (Å²) in [7, 11) is 1.53. The highest BCUT2D eigenvalue weighted by molar-refractivity contribution is 5.70. The van der Waals surface area contributed by atoms with Gasteiger partial charge in [0.15, 0.2) is 0 Å². The van der Waals surface area contributed by atoms with Crippen molar-refractivity contribution in [1.29, 1.82) is 0 Å². The Balaban J connectivity index is 2.16. The summed E-state index contributed by atoms with van der Waals surface area (Å²) >= 11 is 0. The van der Waals surface area contributed by atoms with Crippen LogP contribution in [0.15, 0.2) is 54.6 Å². The fourth-order valence-electron chi connectivity index (χ4n) is 1.50. The van der Waals surface area contributed by atoms with Gasteiger partial charge in [0.05, 0.1) is 0 Å². The second kappa shape index (κ2) is 5.16.